The van der Waals surface area contributed by atoms with E-state index in [-0.39, 0.29) is 5.82 Å². The van der Waals surface area contributed by atoms with Crippen LogP contribution in [-0.2, 0) is 0 Å². The highest BCUT2D eigenvalue weighted by Gasteiger charge is 2.26. The highest BCUT2D eigenvalue weighted by Crippen LogP contribution is 2.40. The number of nitrogens with one attached hydrogen (secondary N) is 2. The van der Waals surface area contributed by atoms with Crippen molar-refractivity contribution >= 4 is 17.5 Å². The van der Waals surface area contributed by atoms with Gasteiger partial charge < -0.3 is 10.6 Å². The number of anilines is 3. The van der Waals surface area contributed by atoms with Crippen molar-refractivity contribution in [2.24, 2.45) is 0 Å². The van der Waals surface area contributed by atoms with Gasteiger partial charge in [-0.1, -0.05) is 19.1 Å². The van der Waals surface area contributed by atoms with Crippen LogP contribution < -0.4 is 10.6 Å². The van der Waals surface area contributed by atoms with E-state index in [0.717, 1.165) is 12.1 Å². The molecule has 1 atom stereocenters. The predicted octanol–water partition coefficient (Wildman–Crippen LogP) is 4.45. The molecule has 1 aliphatic carbocycles. The largest absolute Gasteiger partial charge is 0.352 e. The Morgan fingerprint density at radius 1 is 1.27 bits per heavy atom. The van der Waals surface area contributed by atoms with Crippen LogP contribution in [0.25, 0.3) is 0 Å². The van der Waals surface area contributed by atoms with Crippen molar-refractivity contribution in [3.8, 4) is 0 Å². The first-order chi connectivity index (χ1) is 10.7. The summed E-state index contributed by atoms with van der Waals surface area (Å²) in [6, 6.07) is 8.83. The molecule has 0 spiro atoms. The first-order valence-electron chi connectivity index (χ1n) is 7.82. The van der Waals surface area contributed by atoms with Crippen LogP contribution in [0.5, 0.6) is 0 Å². The van der Waals surface area contributed by atoms with Gasteiger partial charge in [-0.2, -0.15) is 4.98 Å². The molecule has 0 amide bonds. The second-order valence-corrected chi connectivity index (χ2v) is 5.83. The standard InChI is InChI=1S/C17H21FN4/c1-3-11(2)19-17-21-15(12-8-9-12)10-16(22-17)20-14-7-5-4-6-13(14)18/h4-7,10-12H,3,8-9H2,1-2H3,(H2,19,20,21,22)/t11-/m0/s1. The summed E-state index contributed by atoms with van der Waals surface area (Å²) in [7, 11) is 0. The summed E-state index contributed by atoms with van der Waals surface area (Å²) < 4.78 is 13.8. The lowest BCUT2D eigenvalue weighted by Crippen LogP contribution is -2.16. The van der Waals surface area contributed by atoms with Crippen LogP contribution in [-0.4, -0.2) is 16.0 Å². The van der Waals surface area contributed by atoms with E-state index >= 15 is 0 Å². The van der Waals surface area contributed by atoms with E-state index in [4.69, 9.17) is 0 Å². The number of halogens is 1. The first kappa shape index (κ1) is 14.8. The van der Waals surface area contributed by atoms with Crippen LogP contribution in [0.1, 0.15) is 44.7 Å². The quantitative estimate of drug-likeness (QED) is 0.827. The molecule has 22 heavy (non-hydrogen) atoms. The zero-order valence-electron chi connectivity index (χ0n) is 12.9. The van der Waals surface area contributed by atoms with Crippen LogP contribution in [0.4, 0.5) is 21.8 Å². The molecular formula is C17H21FN4. The van der Waals surface area contributed by atoms with Crippen molar-refractivity contribution in [2.75, 3.05) is 10.6 Å². The highest BCUT2D eigenvalue weighted by atomic mass is 19.1. The summed E-state index contributed by atoms with van der Waals surface area (Å²) in [5.41, 5.74) is 1.46. The molecule has 0 aliphatic heterocycles. The van der Waals surface area contributed by atoms with E-state index < -0.39 is 0 Å². The molecule has 1 fully saturated rings. The first-order valence-corrected chi connectivity index (χ1v) is 7.82. The summed E-state index contributed by atoms with van der Waals surface area (Å²) in [5.74, 6) is 1.47. The molecule has 2 N–H and O–H groups in total. The van der Waals surface area contributed by atoms with Gasteiger partial charge in [-0.25, -0.2) is 9.37 Å². The van der Waals surface area contributed by atoms with Crippen molar-refractivity contribution in [3.63, 3.8) is 0 Å². The molecule has 1 heterocycles. The van der Waals surface area contributed by atoms with Gasteiger partial charge in [0.2, 0.25) is 5.95 Å². The number of rotatable bonds is 6. The second kappa shape index (κ2) is 6.30. The maximum Gasteiger partial charge on any atom is 0.225 e. The SMILES string of the molecule is CC[C@H](C)Nc1nc(Nc2ccccc2F)cc(C2CC2)n1. The van der Waals surface area contributed by atoms with Crippen LogP contribution in [0.3, 0.4) is 0 Å². The summed E-state index contributed by atoms with van der Waals surface area (Å²) in [5, 5.41) is 6.36. The molecule has 0 radical (unpaired) electrons. The third kappa shape index (κ3) is 3.53. The normalized spacial score (nSPS) is 15.4. The number of hydrogen-bond donors (Lipinski definition) is 2. The van der Waals surface area contributed by atoms with Crippen molar-refractivity contribution < 1.29 is 4.39 Å². The second-order valence-electron chi connectivity index (χ2n) is 5.83. The minimum atomic E-state index is -0.287. The van der Waals surface area contributed by atoms with Gasteiger partial charge >= 0.3 is 0 Å². The van der Waals surface area contributed by atoms with Crippen LogP contribution in [0, 0.1) is 5.82 Å². The molecule has 116 valence electrons. The molecule has 1 aromatic carbocycles. The molecule has 4 nitrogen and oxygen atoms in total. The van der Waals surface area contributed by atoms with E-state index in [2.05, 4.69) is 34.4 Å². The maximum atomic E-state index is 13.8. The molecule has 5 heteroatoms. The molecule has 0 saturated heterocycles. The summed E-state index contributed by atoms with van der Waals surface area (Å²) in [4.78, 5) is 9.06. The molecule has 1 aliphatic rings. The lowest BCUT2D eigenvalue weighted by atomic mass is 10.2. The monoisotopic (exact) mass is 300 g/mol. The number of benzene rings is 1. The number of hydrogen-bond acceptors (Lipinski definition) is 4. The minimum absolute atomic E-state index is 0.287. The fourth-order valence-electron chi connectivity index (χ4n) is 2.21. The van der Waals surface area contributed by atoms with Crippen molar-refractivity contribution in [2.45, 2.75) is 45.1 Å². The fraction of sp³-hybridized carbons (Fsp3) is 0.412. The Kier molecular flexibility index (Phi) is 4.22. The zero-order valence-corrected chi connectivity index (χ0v) is 12.9. The Bertz CT molecular complexity index is 655. The van der Waals surface area contributed by atoms with Crippen LogP contribution >= 0.6 is 0 Å². The third-order valence-electron chi connectivity index (χ3n) is 3.87. The van der Waals surface area contributed by atoms with Gasteiger partial charge in [0.15, 0.2) is 0 Å². The van der Waals surface area contributed by atoms with Crippen molar-refractivity contribution in [3.05, 3.63) is 41.8 Å². The Labute approximate surface area is 130 Å². The Hall–Kier alpha value is -2.17. The minimum Gasteiger partial charge on any atom is -0.352 e. The lowest BCUT2D eigenvalue weighted by molar-refractivity contribution is 0.632. The summed E-state index contributed by atoms with van der Waals surface area (Å²) in [6.45, 7) is 4.21. The van der Waals surface area contributed by atoms with Crippen LogP contribution in [0.2, 0.25) is 0 Å². The molecular weight excluding hydrogens is 279 g/mol. The molecule has 0 bridgehead atoms. The van der Waals surface area contributed by atoms with Crippen LogP contribution in [0.15, 0.2) is 30.3 Å². The van der Waals surface area contributed by atoms with Gasteiger partial charge in [0.05, 0.1) is 11.4 Å². The van der Waals surface area contributed by atoms with E-state index in [0.29, 0.717) is 29.4 Å². The zero-order chi connectivity index (χ0) is 15.5. The Morgan fingerprint density at radius 3 is 2.73 bits per heavy atom. The van der Waals surface area contributed by atoms with Gasteiger partial charge in [-0.05, 0) is 38.3 Å². The van der Waals surface area contributed by atoms with E-state index in [9.17, 15) is 4.39 Å². The molecule has 3 rings (SSSR count). The number of nitrogens with zero attached hydrogens (tertiary/aromatic N) is 2. The van der Waals surface area contributed by atoms with E-state index in [1.165, 1.54) is 18.9 Å². The summed E-state index contributed by atoms with van der Waals surface area (Å²) >= 11 is 0. The molecule has 0 unspecified atom stereocenters. The fourth-order valence-corrected chi connectivity index (χ4v) is 2.21. The van der Waals surface area contributed by atoms with Gasteiger partial charge in [0, 0.05) is 18.0 Å². The van der Waals surface area contributed by atoms with Gasteiger partial charge in [-0.15, -0.1) is 0 Å². The van der Waals surface area contributed by atoms with E-state index in [1.54, 1.807) is 18.2 Å². The third-order valence-corrected chi connectivity index (χ3v) is 3.87. The van der Waals surface area contributed by atoms with Crippen molar-refractivity contribution in [1.82, 2.24) is 9.97 Å². The molecule has 2 aromatic rings. The predicted molar refractivity (Wildman–Crippen MR) is 87.1 cm³/mol. The highest BCUT2D eigenvalue weighted by molar-refractivity contribution is 5.58. The van der Waals surface area contributed by atoms with Gasteiger partial charge in [-0.3, -0.25) is 0 Å². The number of aromatic nitrogens is 2. The molecule has 1 aromatic heterocycles. The smallest absolute Gasteiger partial charge is 0.225 e. The van der Waals surface area contributed by atoms with E-state index in [1.807, 2.05) is 6.07 Å². The molecule has 1 saturated carbocycles. The maximum absolute atomic E-state index is 13.8. The Balaban J connectivity index is 1.87. The summed E-state index contributed by atoms with van der Waals surface area (Å²) in [6.07, 6.45) is 3.32. The van der Waals surface area contributed by atoms with Gasteiger partial charge in [0.1, 0.15) is 11.6 Å². The Morgan fingerprint density at radius 2 is 2.05 bits per heavy atom. The van der Waals surface area contributed by atoms with Crippen molar-refractivity contribution in [1.29, 1.82) is 0 Å². The topological polar surface area (TPSA) is 49.8 Å². The average Bonchev–Trinajstić information content (AvgIpc) is 3.34. The lowest BCUT2D eigenvalue weighted by Gasteiger charge is -2.14. The average molecular weight is 300 g/mol. The number of para-hydroxylation sites is 1. The van der Waals surface area contributed by atoms with Gasteiger partial charge in [0.25, 0.3) is 0 Å².